The van der Waals surface area contributed by atoms with Crippen molar-refractivity contribution in [2.75, 3.05) is 19.7 Å². The van der Waals surface area contributed by atoms with Crippen LogP contribution in [0.15, 0.2) is 41.4 Å². The number of benzene rings is 1. The lowest BCUT2D eigenvalue weighted by Gasteiger charge is -2.31. The van der Waals surface area contributed by atoms with Crippen molar-refractivity contribution >= 4 is 10.0 Å². The van der Waals surface area contributed by atoms with Gasteiger partial charge in [0.15, 0.2) is 0 Å². The van der Waals surface area contributed by atoms with Gasteiger partial charge < -0.3 is 9.47 Å². The standard InChI is InChI=1S/C17H19N3O4S/c21-25(22,15-5-6-16-13(11-15)7-10-23-16)20-9-2-3-14(12-20)24-17-4-1-8-18-19-17/h1,4-6,8,11,14H,2-3,7,9-10,12H2/t14-/m0/s1. The topological polar surface area (TPSA) is 81.6 Å². The summed E-state index contributed by atoms with van der Waals surface area (Å²) in [5, 5.41) is 7.68. The van der Waals surface area contributed by atoms with Gasteiger partial charge in [0.2, 0.25) is 15.9 Å². The van der Waals surface area contributed by atoms with Gasteiger partial charge in [0, 0.05) is 25.2 Å². The summed E-state index contributed by atoms with van der Waals surface area (Å²) < 4.78 is 38.7. The molecule has 0 aliphatic carbocycles. The van der Waals surface area contributed by atoms with Crippen molar-refractivity contribution in [3.63, 3.8) is 0 Å². The quantitative estimate of drug-likeness (QED) is 0.823. The van der Waals surface area contributed by atoms with Crippen molar-refractivity contribution in [1.29, 1.82) is 0 Å². The Bertz CT molecular complexity index is 857. The summed E-state index contributed by atoms with van der Waals surface area (Å²) in [6.45, 7) is 1.42. The molecule has 1 aromatic carbocycles. The molecule has 1 aromatic heterocycles. The second-order valence-corrected chi connectivity index (χ2v) is 8.11. The Hall–Kier alpha value is -2.19. The predicted molar refractivity (Wildman–Crippen MR) is 90.1 cm³/mol. The first kappa shape index (κ1) is 16.3. The van der Waals surface area contributed by atoms with Crippen molar-refractivity contribution in [2.45, 2.75) is 30.3 Å². The first-order chi connectivity index (χ1) is 12.1. The van der Waals surface area contributed by atoms with Crippen molar-refractivity contribution in [3.8, 4) is 11.6 Å². The van der Waals surface area contributed by atoms with Gasteiger partial charge in [-0.25, -0.2) is 8.42 Å². The summed E-state index contributed by atoms with van der Waals surface area (Å²) >= 11 is 0. The molecule has 2 aromatic rings. The number of hydrogen-bond donors (Lipinski definition) is 0. The van der Waals surface area contributed by atoms with Crippen molar-refractivity contribution in [2.24, 2.45) is 0 Å². The number of hydrogen-bond acceptors (Lipinski definition) is 6. The van der Waals surface area contributed by atoms with E-state index in [9.17, 15) is 8.42 Å². The Labute approximate surface area is 146 Å². The number of sulfonamides is 1. The molecule has 0 saturated carbocycles. The molecular weight excluding hydrogens is 342 g/mol. The Kier molecular flexibility index (Phi) is 4.30. The molecule has 132 valence electrons. The number of piperidine rings is 1. The third-order valence-corrected chi connectivity index (χ3v) is 6.34. The summed E-state index contributed by atoms with van der Waals surface area (Å²) in [5.41, 5.74) is 0.949. The van der Waals surface area contributed by atoms with E-state index in [1.54, 1.807) is 36.5 Å². The number of aromatic nitrogens is 2. The Morgan fingerprint density at radius 3 is 3.04 bits per heavy atom. The summed E-state index contributed by atoms with van der Waals surface area (Å²) in [5.74, 6) is 1.20. The van der Waals surface area contributed by atoms with Crippen LogP contribution in [0.3, 0.4) is 0 Å². The van der Waals surface area contributed by atoms with Gasteiger partial charge in [0.05, 0.1) is 18.0 Å². The second-order valence-electron chi connectivity index (χ2n) is 6.18. The zero-order valence-electron chi connectivity index (χ0n) is 13.7. The van der Waals surface area contributed by atoms with E-state index >= 15 is 0 Å². The van der Waals surface area contributed by atoms with Gasteiger partial charge in [-0.15, -0.1) is 5.10 Å². The minimum atomic E-state index is -3.55. The first-order valence-corrected chi connectivity index (χ1v) is 9.77. The molecule has 1 atom stereocenters. The molecule has 2 aliphatic heterocycles. The Morgan fingerprint density at radius 2 is 2.20 bits per heavy atom. The molecule has 0 unspecified atom stereocenters. The molecule has 8 heteroatoms. The number of ether oxygens (including phenoxy) is 2. The van der Waals surface area contributed by atoms with Gasteiger partial charge in [-0.3, -0.25) is 0 Å². The van der Waals surface area contributed by atoms with Gasteiger partial charge in [0.1, 0.15) is 11.9 Å². The predicted octanol–water partition coefficient (Wildman–Crippen LogP) is 1.64. The highest BCUT2D eigenvalue weighted by atomic mass is 32.2. The molecule has 0 radical (unpaired) electrons. The third-order valence-electron chi connectivity index (χ3n) is 4.47. The SMILES string of the molecule is O=S(=O)(c1ccc2c(c1)CCO2)N1CCC[C@H](Oc2cccnn2)C1. The highest BCUT2D eigenvalue weighted by molar-refractivity contribution is 7.89. The Morgan fingerprint density at radius 1 is 1.28 bits per heavy atom. The average molecular weight is 361 g/mol. The van der Waals surface area contributed by atoms with Crippen LogP contribution in [0.5, 0.6) is 11.6 Å². The highest BCUT2D eigenvalue weighted by Gasteiger charge is 2.32. The highest BCUT2D eigenvalue weighted by Crippen LogP contribution is 2.30. The van der Waals surface area contributed by atoms with Gasteiger partial charge in [0.25, 0.3) is 0 Å². The lowest BCUT2D eigenvalue weighted by atomic mass is 10.1. The lowest BCUT2D eigenvalue weighted by molar-refractivity contribution is 0.123. The van der Waals surface area contributed by atoms with Crippen LogP contribution in [0, 0.1) is 0 Å². The van der Waals surface area contributed by atoms with Crippen molar-refractivity contribution < 1.29 is 17.9 Å². The lowest BCUT2D eigenvalue weighted by Crippen LogP contribution is -2.44. The Balaban J connectivity index is 1.52. The van der Waals surface area contributed by atoms with Crippen molar-refractivity contribution in [3.05, 3.63) is 42.1 Å². The van der Waals surface area contributed by atoms with Gasteiger partial charge >= 0.3 is 0 Å². The van der Waals surface area contributed by atoms with Crippen molar-refractivity contribution in [1.82, 2.24) is 14.5 Å². The molecule has 0 bridgehead atoms. The van der Waals surface area contributed by atoms with Crippen LogP contribution in [0.25, 0.3) is 0 Å². The van der Waals surface area contributed by atoms with Crippen LogP contribution in [-0.4, -0.2) is 48.7 Å². The summed E-state index contributed by atoms with van der Waals surface area (Å²) in [7, 11) is -3.55. The smallest absolute Gasteiger partial charge is 0.243 e. The third kappa shape index (κ3) is 3.32. The van der Waals surface area contributed by atoms with Crippen LogP contribution in [-0.2, 0) is 16.4 Å². The van der Waals surface area contributed by atoms with Gasteiger partial charge in [-0.1, -0.05) is 0 Å². The molecule has 25 heavy (non-hydrogen) atoms. The fourth-order valence-corrected chi connectivity index (χ4v) is 4.77. The fourth-order valence-electron chi connectivity index (χ4n) is 3.21. The normalized spacial score (nSPS) is 20.7. The molecule has 1 saturated heterocycles. The largest absolute Gasteiger partial charge is 0.493 e. The molecule has 3 heterocycles. The minimum Gasteiger partial charge on any atom is -0.493 e. The van der Waals surface area contributed by atoms with Gasteiger partial charge in [-0.2, -0.15) is 9.40 Å². The van der Waals surface area contributed by atoms with Crippen LogP contribution >= 0.6 is 0 Å². The minimum absolute atomic E-state index is 0.224. The van der Waals surface area contributed by atoms with E-state index in [1.165, 1.54) is 4.31 Å². The first-order valence-electron chi connectivity index (χ1n) is 8.33. The van der Waals surface area contributed by atoms with E-state index in [1.807, 2.05) is 0 Å². The molecule has 1 fully saturated rings. The average Bonchev–Trinajstić information content (AvgIpc) is 3.10. The molecule has 2 aliphatic rings. The van der Waals surface area contributed by atoms with E-state index in [0.717, 1.165) is 30.6 Å². The molecule has 0 amide bonds. The maximum atomic E-state index is 13.0. The van der Waals surface area contributed by atoms with Crippen LogP contribution in [0.2, 0.25) is 0 Å². The van der Waals surface area contributed by atoms with E-state index < -0.39 is 10.0 Å². The summed E-state index contributed by atoms with van der Waals surface area (Å²) in [6.07, 6.45) is 3.64. The maximum absolute atomic E-state index is 13.0. The molecule has 4 rings (SSSR count). The van der Waals surface area contributed by atoms with E-state index in [0.29, 0.717) is 30.5 Å². The molecule has 0 spiro atoms. The summed E-state index contributed by atoms with van der Waals surface area (Å²) in [6, 6.07) is 8.55. The van der Waals surface area contributed by atoms with E-state index in [-0.39, 0.29) is 6.10 Å². The second kappa shape index (κ2) is 6.61. The number of fused-ring (bicyclic) bond motifs is 1. The monoisotopic (exact) mass is 361 g/mol. The number of nitrogens with zero attached hydrogens (tertiary/aromatic N) is 3. The van der Waals surface area contributed by atoms with E-state index in [2.05, 4.69) is 10.2 Å². The van der Waals surface area contributed by atoms with Gasteiger partial charge in [-0.05, 0) is 42.7 Å². The van der Waals surface area contributed by atoms with Crippen LogP contribution in [0.4, 0.5) is 0 Å². The number of rotatable bonds is 4. The molecule has 7 nitrogen and oxygen atoms in total. The molecular formula is C17H19N3O4S. The van der Waals surface area contributed by atoms with Crippen LogP contribution < -0.4 is 9.47 Å². The zero-order valence-corrected chi connectivity index (χ0v) is 14.5. The maximum Gasteiger partial charge on any atom is 0.243 e. The molecule has 0 N–H and O–H groups in total. The fraction of sp³-hybridized carbons (Fsp3) is 0.412. The van der Waals surface area contributed by atoms with E-state index in [4.69, 9.17) is 9.47 Å². The summed E-state index contributed by atoms with van der Waals surface area (Å²) in [4.78, 5) is 0.317. The van der Waals surface area contributed by atoms with Crippen LogP contribution in [0.1, 0.15) is 18.4 Å². The zero-order chi connectivity index (χ0) is 17.3.